The van der Waals surface area contributed by atoms with Crippen LogP contribution in [0.3, 0.4) is 0 Å². The number of thiocarbonyl (C=S) groups is 1. The van der Waals surface area contributed by atoms with Gasteiger partial charge in [-0.15, -0.1) is 0 Å². The van der Waals surface area contributed by atoms with E-state index in [1.54, 1.807) is 37.2 Å². The largest absolute Gasteiger partial charge is 0.502 e. The summed E-state index contributed by atoms with van der Waals surface area (Å²) in [6.07, 6.45) is 1.67. The van der Waals surface area contributed by atoms with E-state index < -0.39 is 0 Å². The highest BCUT2D eigenvalue weighted by molar-refractivity contribution is 7.80. The van der Waals surface area contributed by atoms with Crippen LogP contribution < -0.4 is 9.47 Å². The molecule has 1 fully saturated rings. The minimum absolute atomic E-state index is 0.0825. The lowest BCUT2D eigenvalue weighted by atomic mass is 10.1. The Bertz CT molecular complexity index is 617. The summed E-state index contributed by atoms with van der Waals surface area (Å²) in [5, 5.41) is 10.3. The van der Waals surface area contributed by atoms with Crippen molar-refractivity contribution in [1.29, 1.82) is 0 Å². The van der Waals surface area contributed by atoms with E-state index in [1.165, 1.54) is 19.1 Å². The molecule has 2 rings (SSSR count). The molecule has 6 nitrogen and oxygen atoms in total. The average molecular weight is 308 g/mol. The zero-order valence-corrected chi connectivity index (χ0v) is 13.0. The summed E-state index contributed by atoms with van der Waals surface area (Å²) in [4.78, 5) is 15.2. The first kappa shape index (κ1) is 15.1. The third-order valence-corrected chi connectivity index (χ3v) is 3.81. The molecular formula is C14H16N2O4S. The summed E-state index contributed by atoms with van der Waals surface area (Å²) in [5.41, 5.74) is 1.10. The summed E-state index contributed by atoms with van der Waals surface area (Å²) in [6.45, 7) is 0. The molecule has 0 aliphatic carbocycles. The van der Waals surface area contributed by atoms with E-state index in [-0.39, 0.29) is 23.2 Å². The maximum absolute atomic E-state index is 12.1. The van der Waals surface area contributed by atoms with Gasteiger partial charge in [0.2, 0.25) is 5.75 Å². The first-order valence-electron chi connectivity index (χ1n) is 6.13. The fraction of sp³-hybridized carbons (Fsp3) is 0.286. The molecule has 1 aromatic carbocycles. The third-order valence-electron chi connectivity index (χ3n) is 3.26. The first-order chi connectivity index (χ1) is 9.90. The highest BCUT2D eigenvalue weighted by Crippen LogP contribution is 2.38. The van der Waals surface area contributed by atoms with Gasteiger partial charge in [0.15, 0.2) is 16.6 Å². The van der Waals surface area contributed by atoms with Crippen LogP contribution in [0.15, 0.2) is 17.8 Å². The highest BCUT2D eigenvalue weighted by atomic mass is 32.1. The normalized spacial score (nSPS) is 16.9. The Morgan fingerprint density at radius 2 is 1.67 bits per heavy atom. The number of ether oxygens (including phenoxy) is 2. The second kappa shape index (κ2) is 5.61. The average Bonchev–Trinajstić information content (AvgIpc) is 2.66. The summed E-state index contributed by atoms with van der Waals surface area (Å²) in [5.74, 6) is 0.268. The lowest BCUT2D eigenvalue weighted by Crippen LogP contribution is -2.26. The summed E-state index contributed by atoms with van der Waals surface area (Å²) >= 11 is 5.15. The van der Waals surface area contributed by atoms with Crippen molar-refractivity contribution in [2.45, 2.75) is 0 Å². The van der Waals surface area contributed by atoms with Crippen LogP contribution in [-0.2, 0) is 4.79 Å². The van der Waals surface area contributed by atoms with Crippen LogP contribution in [0.5, 0.6) is 17.2 Å². The van der Waals surface area contributed by atoms with Gasteiger partial charge >= 0.3 is 0 Å². The smallest absolute Gasteiger partial charge is 0.276 e. The number of rotatable bonds is 3. The Labute approximate surface area is 128 Å². The Morgan fingerprint density at radius 1 is 1.14 bits per heavy atom. The Hall–Kier alpha value is -2.28. The van der Waals surface area contributed by atoms with Gasteiger partial charge in [-0.3, -0.25) is 9.69 Å². The summed E-state index contributed by atoms with van der Waals surface area (Å²) < 4.78 is 10.2. The molecule has 0 unspecified atom stereocenters. The van der Waals surface area contributed by atoms with Crippen LogP contribution >= 0.6 is 12.2 Å². The number of hydrogen-bond donors (Lipinski definition) is 1. The summed E-state index contributed by atoms with van der Waals surface area (Å²) in [6, 6.07) is 3.24. The van der Waals surface area contributed by atoms with Gasteiger partial charge in [0.05, 0.1) is 14.2 Å². The molecule has 1 heterocycles. The number of phenols is 1. The van der Waals surface area contributed by atoms with Crippen molar-refractivity contribution in [2.24, 2.45) is 0 Å². The van der Waals surface area contributed by atoms with Crippen LogP contribution in [0.25, 0.3) is 6.08 Å². The van der Waals surface area contributed by atoms with Gasteiger partial charge in [-0.05, 0) is 36.0 Å². The number of hydrogen-bond acceptors (Lipinski definition) is 5. The zero-order valence-electron chi connectivity index (χ0n) is 12.2. The molecule has 0 radical (unpaired) electrons. The molecule has 21 heavy (non-hydrogen) atoms. The maximum Gasteiger partial charge on any atom is 0.276 e. The van der Waals surface area contributed by atoms with Crippen LogP contribution in [0.1, 0.15) is 5.56 Å². The van der Waals surface area contributed by atoms with Gasteiger partial charge in [-0.1, -0.05) is 0 Å². The fourth-order valence-electron chi connectivity index (χ4n) is 2.04. The van der Waals surface area contributed by atoms with Gasteiger partial charge in [0, 0.05) is 14.1 Å². The van der Waals surface area contributed by atoms with Crippen molar-refractivity contribution in [3.63, 3.8) is 0 Å². The Balaban J connectivity index is 2.50. The third kappa shape index (κ3) is 2.52. The Kier molecular flexibility index (Phi) is 4.04. The van der Waals surface area contributed by atoms with Crippen LogP contribution in [0.4, 0.5) is 0 Å². The number of benzene rings is 1. The predicted molar refractivity (Wildman–Crippen MR) is 82.3 cm³/mol. The van der Waals surface area contributed by atoms with Gasteiger partial charge < -0.3 is 19.5 Å². The van der Waals surface area contributed by atoms with Crippen molar-refractivity contribution in [3.8, 4) is 17.2 Å². The van der Waals surface area contributed by atoms with E-state index in [9.17, 15) is 9.90 Å². The molecule has 7 heteroatoms. The number of likely N-dealkylation sites (N-methyl/N-ethyl adjacent to an activating group) is 2. The topological polar surface area (TPSA) is 62.2 Å². The van der Waals surface area contributed by atoms with E-state index in [1.807, 2.05) is 0 Å². The first-order valence-corrected chi connectivity index (χ1v) is 6.54. The molecule has 0 saturated carbocycles. The SMILES string of the molecule is COc1cc(/C=C2/C(=O)N(C)C(=S)N2C)cc(OC)c1O. The summed E-state index contributed by atoms with van der Waals surface area (Å²) in [7, 11) is 6.24. The number of aromatic hydroxyl groups is 1. The molecule has 0 aromatic heterocycles. The molecule has 0 bridgehead atoms. The number of carbonyl (C=O) groups is 1. The number of carbonyl (C=O) groups excluding carboxylic acids is 1. The molecular weight excluding hydrogens is 292 g/mol. The minimum atomic E-state index is -0.187. The molecule has 0 spiro atoms. The van der Waals surface area contributed by atoms with Crippen molar-refractivity contribution >= 4 is 29.3 Å². The Morgan fingerprint density at radius 3 is 2.05 bits per heavy atom. The van der Waals surface area contributed by atoms with Crippen molar-refractivity contribution in [3.05, 3.63) is 23.4 Å². The van der Waals surface area contributed by atoms with E-state index in [0.717, 1.165) is 0 Å². The zero-order chi connectivity index (χ0) is 15.7. The van der Waals surface area contributed by atoms with Crippen molar-refractivity contribution in [1.82, 2.24) is 9.80 Å². The van der Waals surface area contributed by atoms with E-state index in [0.29, 0.717) is 16.4 Å². The van der Waals surface area contributed by atoms with Gasteiger partial charge in [0.25, 0.3) is 5.91 Å². The van der Waals surface area contributed by atoms with E-state index in [2.05, 4.69) is 0 Å². The number of nitrogens with zero attached hydrogens (tertiary/aromatic N) is 2. The van der Waals surface area contributed by atoms with Crippen LogP contribution in [0.2, 0.25) is 0 Å². The van der Waals surface area contributed by atoms with Crippen molar-refractivity contribution in [2.75, 3.05) is 28.3 Å². The molecule has 1 saturated heterocycles. The number of methoxy groups -OCH3 is 2. The van der Waals surface area contributed by atoms with E-state index in [4.69, 9.17) is 21.7 Å². The number of amides is 1. The molecule has 1 aliphatic heterocycles. The number of phenolic OH excluding ortho intramolecular Hbond substituents is 1. The van der Waals surface area contributed by atoms with Gasteiger partial charge in [-0.2, -0.15) is 0 Å². The molecule has 0 atom stereocenters. The maximum atomic E-state index is 12.1. The van der Waals surface area contributed by atoms with Crippen LogP contribution in [0, 0.1) is 0 Å². The monoisotopic (exact) mass is 308 g/mol. The fourth-order valence-corrected chi connectivity index (χ4v) is 2.22. The minimum Gasteiger partial charge on any atom is -0.502 e. The quantitative estimate of drug-likeness (QED) is 0.673. The predicted octanol–water partition coefficient (Wildman–Crippen LogP) is 1.44. The molecule has 1 aliphatic rings. The second-order valence-corrected chi connectivity index (χ2v) is 4.87. The standard InChI is InChI=1S/C14H16N2O4S/c1-15-9(13(18)16(2)14(15)21)5-8-6-10(19-3)12(17)11(7-8)20-4/h5-7,17H,1-4H3/b9-5-. The molecule has 1 amide bonds. The highest BCUT2D eigenvalue weighted by Gasteiger charge is 2.32. The van der Waals surface area contributed by atoms with E-state index >= 15 is 0 Å². The lowest BCUT2D eigenvalue weighted by Gasteiger charge is -2.12. The lowest BCUT2D eigenvalue weighted by molar-refractivity contribution is -0.121. The van der Waals surface area contributed by atoms with Crippen LogP contribution in [-0.4, -0.2) is 54.2 Å². The second-order valence-electron chi connectivity index (χ2n) is 4.51. The van der Waals surface area contributed by atoms with Gasteiger partial charge in [-0.25, -0.2) is 0 Å². The molecule has 112 valence electrons. The molecule has 1 aromatic rings. The molecule has 1 N–H and O–H groups in total. The van der Waals surface area contributed by atoms with Gasteiger partial charge in [0.1, 0.15) is 5.70 Å². The van der Waals surface area contributed by atoms with Crippen molar-refractivity contribution < 1.29 is 19.4 Å².